The van der Waals surface area contributed by atoms with E-state index in [4.69, 9.17) is 10.5 Å². The zero-order valence-corrected chi connectivity index (χ0v) is 11.2. The molecule has 3 N–H and O–H groups in total. The Kier molecular flexibility index (Phi) is 4.55. The lowest BCUT2D eigenvalue weighted by atomic mass is 9.86. The molecule has 0 aromatic heterocycles. The van der Waals surface area contributed by atoms with Gasteiger partial charge >= 0.3 is 5.97 Å². The molecule has 1 aliphatic rings. The molecule has 1 rings (SSSR count). The Morgan fingerprint density at radius 1 is 1.59 bits per heavy atom. The van der Waals surface area contributed by atoms with Crippen molar-refractivity contribution in [2.75, 3.05) is 6.61 Å². The minimum Gasteiger partial charge on any atom is -0.480 e. The van der Waals surface area contributed by atoms with Gasteiger partial charge in [-0.25, -0.2) is 0 Å². The number of ether oxygens (including phenoxy) is 1. The normalized spacial score (nSPS) is 29.5. The smallest absolute Gasteiger partial charge is 0.323 e. The lowest BCUT2D eigenvalue weighted by Crippen LogP contribution is -2.51. The molecule has 0 aromatic carbocycles. The van der Waals surface area contributed by atoms with Crippen LogP contribution in [0.1, 0.15) is 52.9 Å². The van der Waals surface area contributed by atoms with Crippen molar-refractivity contribution in [3.8, 4) is 0 Å². The van der Waals surface area contributed by atoms with Gasteiger partial charge in [-0.1, -0.05) is 13.3 Å². The number of rotatable bonds is 6. The fraction of sp³-hybridized carbons (Fsp3) is 0.923. The average molecular weight is 243 g/mol. The number of hydrogen-bond acceptors (Lipinski definition) is 3. The molecule has 100 valence electrons. The summed E-state index contributed by atoms with van der Waals surface area (Å²) in [4.78, 5) is 11.2. The minimum absolute atomic E-state index is 0.0488. The lowest BCUT2D eigenvalue weighted by molar-refractivity contribution is -0.145. The van der Waals surface area contributed by atoms with Crippen LogP contribution < -0.4 is 5.73 Å². The molecule has 0 aromatic rings. The van der Waals surface area contributed by atoms with Gasteiger partial charge in [-0.3, -0.25) is 4.79 Å². The maximum Gasteiger partial charge on any atom is 0.323 e. The van der Waals surface area contributed by atoms with Gasteiger partial charge in [-0.05, 0) is 45.4 Å². The van der Waals surface area contributed by atoms with Gasteiger partial charge in [0.15, 0.2) is 0 Å². The van der Waals surface area contributed by atoms with Crippen LogP contribution in [0, 0.1) is 5.92 Å². The van der Waals surface area contributed by atoms with E-state index in [1.807, 2.05) is 0 Å². The van der Waals surface area contributed by atoms with Crippen molar-refractivity contribution in [2.45, 2.75) is 64.0 Å². The fourth-order valence-electron chi connectivity index (χ4n) is 2.37. The number of carbonyl (C=O) groups is 1. The molecule has 1 fully saturated rings. The van der Waals surface area contributed by atoms with Crippen LogP contribution in [-0.2, 0) is 9.53 Å². The summed E-state index contributed by atoms with van der Waals surface area (Å²) in [5.74, 6) is -0.817. The van der Waals surface area contributed by atoms with E-state index < -0.39 is 11.5 Å². The Morgan fingerprint density at radius 3 is 2.76 bits per heavy atom. The SMILES string of the molecule is CCC(C)(C)OCCC1CCCC1(N)C(=O)O. The quantitative estimate of drug-likeness (QED) is 0.750. The molecule has 0 aliphatic heterocycles. The molecule has 0 bridgehead atoms. The van der Waals surface area contributed by atoms with Crippen LogP contribution in [0.3, 0.4) is 0 Å². The Labute approximate surface area is 104 Å². The third kappa shape index (κ3) is 3.42. The summed E-state index contributed by atoms with van der Waals surface area (Å²) >= 11 is 0. The Morgan fingerprint density at radius 2 is 2.24 bits per heavy atom. The molecule has 4 heteroatoms. The Hall–Kier alpha value is -0.610. The lowest BCUT2D eigenvalue weighted by Gasteiger charge is -2.29. The van der Waals surface area contributed by atoms with E-state index in [2.05, 4.69) is 20.8 Å². The topological polar surface area (TPSA) is 72.5 Å². The number of carboxylic acids is 1. The molecule has 0 heterocycles. The largest absolute Gasteiger partial charge is 0.480 e. The highest BCUT2D eigenvalue weighted by atomic mass is 16.5. The molecule has 0 radical (unpaired) electrons. The zero-order chi connectivity index (χ0) is 13.1. The molecular weight excluding hydrogens is 218 g/mol. The van der Waals surface area contributed by atoms with Crippen LogP contribution in [0.4, 0.5) is 0 Å². The molecule has 2 atom stereocenters. The highest BCUT2D eigenvalue weighted by Crippen LogP contribution is 2.36. The Bertz CT molecular complexity index is 278. The summed E-state index contributed by atoms with van der Waals surface area (Å²) < 4.78 is 5.77. The maximum absolute atomic E-state index is 11.2. The predicted octanol–water partition coefficient (Wildman–Crippen LogP) is 2.16. The Balaban J connectivity index is 2.44. The van der Waals surface area contributed by atoms with E-state index in [9.17, 15) is 9.90 Å². The number of nitrogens with two attached hydrogens (primary N) is 1. The highest BCUT2D eigenvalue weighted by Gasteiger charge is 2.45. The van der Waals surface area contributed by atoms with E-state index >= 15 is 0 Å². The second-order valence-corrected chi connectivity index (χ2v) is 5.69. The van der Waals surface area contributed by atoms with Crippen LogP contribution in [0.15, 0.2) is 0 Å². The van der Waals surface area contributed by atoms with E-state index in [0.29, 0.717) is 13.0 Å². The molecule has 4 nitrogen and oxygen atoms in total. The second-order valence-electron chi connectivity index (χ2n) is 5.69. The van der Waals surface area contributed by atoms with Gasteiger partial charge in [0.05, 0.1) is 5.60 Å². The van der Waals surface area contributed by atoms with Gasteiger partial charge in [0.2, 0.25) is 0 Å². The second kappa shape index (κ2) is 5.36. The van der Waals surface area contributed by atoms with Gasteiger partial charge in [-0.15, -0.1) is 0 Å². The molecule has 1 aliphatic carbocycles. The monoisotopic (exact) mass is 243 g/mol. The summed E-state index contributed by atoms with van der Waals surface area (Å²) in [6.07, 6.45) is 4.09. The average Bonchev–Trinajstić information content (AvgIpc) is 2.62. The third-order valence-corrected chi connectivity index (χ3v) is 4.08. The van der Waals surface area contributed by atoms with Gasteiger partial charge in [0.25, 0.3) is 0 Å². The van der Waals surface area contributed by atoms with Crippen LogP contribution >= 0.6 is 0 Å². The summed E-state index contributed by atoms with van der Waals surface area (Å²) in [6.45, 7) is 6.78. The van der Waals surface area contributed by atoms with E-state index in [1.165, 1.54) is 0 Å². The molecule has 0 spiro atoms. The summed E-state index contributed by atoms with van der Waals surface area (Å²) in [5, 5.41) is 9.18. The first-order valence-electron chi connectivity index (χ1n) is 6.48. The fourth-order valence-corrected chi connectivity index (χ4v) is 2.37. The highest BCUT2D eigenvalue weighted by molar-refractivity contribution is 5.79. The molecule has 2 unspecified atom stereocenters. The number of hydrogen-bond donors (Lipinski definition) is 2. The summed E-state index contributed by atoms with van der Waals surface area (Å²) in [6, 6.07) is 0. The first kappa shape index (κ1) is 14.5. The van der Waals surface area contributed by atoms with Crippen molar-refractivity contribution in [1.29, 1.82) is 0 Å². The zero-order valence-electron chi connectivity index (χ0n) is 11.2. The van der Waals surface area contributed by atoms with Crippen LogP contribution in [0.2, 0.25) is 0 Å². The van der Waals surface area contributed by atoms with Crippen molar-refractivity contribution in [3.63, 3.8) is 0 Å². The standard InChI is InChI=1S/C13H25NO3/c1-4-12(2,3)17-9-7-10-6-5-8-13(10,14)11(15)16/h10H,4-9,14H2,1-3H3,(H,15,16). The first-order chi connectivity index (χ1) is 7.82. The predicted molar refractivity (Wildman–Crippen MR) is 66.8 cm³/mol. The van der Waals surface area contributed by atoms with E-state index in [1.54, 1.807) is 0 Å². The molecule has 1 saturated carbocycles. The third-order valence-electron chi connectivity index (χ3n) is 4.08. The first-order valence-corrected chi connectivity index (χ1v) is 6.48. The molecule has 17 heavy (non-hydrogen) atoms. The van der Waals surface area contributed by atoms with Crippen molar-refractivity contribution >= 4 is 5.97 Å². The summed E-state index contributed by atoms with van der Waals surface area (Å²) in [5.41, 5.74) is 4.82. The van der Waals surface area contributed by atoms with Crippen molar-refractivity contribution in [1.82, 2.24) is 0 Å². The molecule has 0 amide bonds. The van der Waals surface area contributed by atoms with Crippen molar-refractivity contribution < 1.29 is 14.6 Å². The van der Waals surface area contributed by atoms with Crippen LogP contribution in [0.5, 0.6) is 0 Å². The van der Waals surface area contributed by atoms with Gasteiger partial charge in [0, 0.05) is 6.61 Å². The maximum atomic E-state index is 11.2. The molecule has 0 saturated heterocycles. The van der Waals surface area contributed by atoms with Crippen LogP contribution in [-0.4, -0.2) is 28.8 Å². The van der Waals surface area contributed by atoms with Crippen molar-refractivity contribution in [3.05, 3.63) is 0 Å². The summed E-state index contributed by atoms with van der Waals surface area (Å²) in [7, 11) is 0. The van der Waals surface area contributed by atoms with Gasteiger partial charge in [-0.2, -0.15) is 0 Å². The number of aliphatic carboxylic acids is 1. The minimum atomic E-state index is -1.03. The van der Waals surface area contributed by atoms with Crippen molar-refractivity contribution in [2.24, 2.45) is 11.7 Å². The van der Waals surface area contributed by atoms with Gasteiger partial charge in [0.1, 0.15) is 5.54 Å². The van der Waals surface area contributed by atoms with E-state index in [0.717, 1.165) is 25.7 Å². The number of carboxylic acid groups (broad SMARTS) is 1. The van der Waals surface area contributed by atoms with E-state index in [-0.39, 0.29) is 11.5 Å². The molecular formula is C13H25NO3. The van der Waals surface area contributed by atoms with Gasteiger partial charge < -0.3 is 15.6 Å². The van der Waals surface area contributed by atoms with Crippen LogP contribution in [0.25, 0.3) is 0 Å².